The number of ether oxygens (including phenoxy) is 1. The highest BCUT2D eigenvalue weighted by atomic mass is 19.4. The van der Waals surface area contributed by atoms with Gasteiger partial charge in [-0.15, -0.1) is 0 Å². The first-order valence-electron chi connectivity index (χ1n) is 9.76. The van der Waals surface area contributed by atoms with Crippen LogP contribution in [0.25, 0.3) is 0 Å². The van der Waals surface area contributed by atoms with Gasteiger partial charge in [0.25, 0.3) is 0 Å². The minimum atomic E-state index is -5.07. The van der Waals surface area contributed by atoms with Crippen LogP contribution in [0.4, 0.5) is 13.2 Å². The minimum absolute atomic E-state index is 0.0748. The first kappa shape index (κ1) is 20.9. The van der Waals surface area contributed by atoms with Crippen molar-refractivity contribution in [1.82, 2.24) is 10.2 Å². The van der Waals surface area contributed by atoms with Gasteiger partial charge >= 0.3 is 18.1 Å². The summed E-state index contributed by atoms with van der Waals surface area (Å²) in [4.78, 5) is 38.5. The number of esters is 1. The van der Waals surface area contributed by atoms with E-state index in [0.29, 0.717) is 19.4 Å². The Morgan fingerprint density at radius 1 is 1.14 bits per heavy atom. The van der Waals surface area contributed by atoms with Gasteiger partial charge in [-0.25, -0.2) is 4.79 Å². The third-order valence-corrected chi connectivity index (χ3v) is 6.87. The molecular weight excluding hydrogens is 377 g/mol. The summed E-state index contributed by atoms with van der Waals surface area (Å²) in [6, 6.07) is -2.09. The van der Waals surface area contributed by atoms with Crippen molar-refractivity contribution in [3.05, 3.63) is 0 Å². The standard InChI is InChI=1S/C19H27F3N2O4/c1-18(2)11-9-24(14(12(11)18)16(26)28-3)15(25)13(10-7-5-4-6-8-10)23-17(27)19(20,21)22/h10-14H,4-9H2,1-3H3,(H,23,27)/t11-,12-,13?,14-/m0/s1. The Morgan fingerprint density at radius 2 is 1.75 bits per heavy atom. The van der Waals surface area contributed by atoms with E-state index in [1.54, 1.807) is 0 Å². The van der Waals surface area contributed by atoms with Crippen LogP contribution in [0, 0.1) is 23.2 Å². The number of carbonyl (C=O) groups excluding carboxylic acids is 3. The fourth-order valence-corrected chi connectivity index (χ4v) is 5.15. The van der Waals surface area contributed by atoms with Crippen molar-refractivity contribution in [2.75, 3.05) is 13.7 Å². The van der Waals surface area contributed by atoms with Crippen molar-refractivity contribution < 1.29 is 32.3 Å². The Balaban J connectivity index is 1.83. The molecule has 1 N–H and O–H groups in total. The molecule has 6 nitrogen and oxygen atoms in total. The van der Waals surface area contributed by atoms with E-state index in [1.807, 2.05) is 19.2 Å². The molecule has 1 saturated heterocycles. The maximum absolute atomic E-state index is 13.3. The van der Waals surface area contributed by atoms with Gasteiger partial charge in [0, 0.05) is 12.5 Å². The molecule has 0 spiro atoms. The van der Waals surface area contributed by atoms with E-state index in [0.717, 1.165) is 19.3 Å². The van der Waals surface area contributed by atoms with Crippen LogP contribution in [0.5, 0.6) is 0 Å². The summed E-state index contributed by atoms with van der Waals surface area (Å²) in [5, 5.41) is 1.92. The summed E-state index contributed by atoms with van der Waals surface area (Å²) in [5.74, 6) is -3.62. The van der Waals surface area contributed by atoms with Crippen LogP contribution in [-0.4, -0.2) is 54.6 Å². The lowest BCUT2D eigenvalue weighted by molar-refractivity contribution is -0.176. The zero-order valence-corrected chi connectivity index (χ0v) is 16.3. The van der Waals surface area contributed by atoms with Gasteiger partial charge in [0.15, 0.2) is 0 Å². The molecule has 3 aliphatic rings. The van der Waals surface area contributed by atoms with Crippen LogP contribution in [0.1, 0.15) is 46.0 Å². The van der Waals surface area contributed by atoms with Gasteiger partial charge in [-0.3, -0.25) is 9.59 Å². The normalized spacial score (nSPS) is 30.4. The lowest BCUT2D eigenvalue weighted by Crippen LogP contribution is -2.58. The summed E-state index contributed by atoms with van der Waals surface area (Å²) in [6.07, 6.45) is -1.36. The van der Waals surface area contributed by atoms with E-state index >= 15 is 0 Å². The first-order valence-corrected chi connectivity index (χ1v) is 9.76. The predicted octanol–water partition coefficient (Wildman–Crippen LogP) is 2.27. The third-order valence-electron chi connectivity index (χ3n) is 6.87. The van der Waals surface area contributed by atoms with Crippen LogP contribution in [-0.2, 0) is 19.1 Å². The highest BCUT2D eigenvalue weighted by molar-refractivity contribution is 5.93. The molecule has 0 bridgehead atoms. The number of rotatable bonds is 4. The van der Waals surface area contributed by atoms with Gasteiger partial charge in [-0.2, -0.15) is 13.2 Å². The molecule has 2 amide bonds. The van der Waals surface area contributed by atoms with Crippen LogP contribution >= 0.6 is 0 Å². The van der Waals surface area contributed by atoms with E-state index in [9.17, 15) is 27.6 Å². The molecule has 0 radical (unpaired) electrons. The topological polar surface area (TPSA) is 75.7 Å². The molecule has 9 heteroatoms. The van der Waals surface area contributed by atoms with Crippen molar-refractivity contribution >= 4 is 17.8 Å². The number of halogens is 3. The Bertz CT molecular complexity index is 658. The highest BCUT2D eigenvalue weighted by Gasteiger charge is 2.70. The summed E-state index contributed by atoms with van der Waals surface area (Å²) in [5.41, 5.74) is -0.120. The Labute approximate surface area is 162 Å². The Kier molecular flexibility index (Phi) is 5.40. The fraction of sp³-hybridized carbons (Fsp3) is 0.842. The zero-order chi connectivity index (χ0) is 20.9. The van der Waals surface area contributed by atoms with E-state index in [2.05, 4.69) is 0 Å². The Morgan fingerprint density at radius 3 is 2.29 bits per heavy atom. The van der Waals surface area contributed by atoms with Crippen molar-refractivity contribution in [1.29, 1.82) is 0 Å². The maximum Gasteiger partial charge on any atom is 0.471 e. The SMILES string of the molecule is COC(=O)[C@@H]1[C@@H]2[C@H](CN1C(=O)C(NC(=O)C(F)(F)F)C1CCCCC1)C2(C)C. The predicted molar refractivity (Wildman–Crippen MR) is 92.8 cm³/mol. The molecule has 4 atom stereocenters. The number of alkyl halides is 3. The molecule has 1 aliphatic heterocycles. The van der Waals surface area contributed by atoms with E-state index < -0.39 is 36.0 Å². The second-order valence-corrected chi connectivity index (χ2v) is 8.76. The number of fused-ring (bicyclic) bond motifs is 1. The molecule has 3 fully saturated rings. The molecule has 0 aromatic heterocycles. The molecule has 158 valence electrons. The highest BCUT2D eigenvalue weighted by Crippen LogP contribution is 2.65. The van der Waals surface area contributed by atoms with Crippen LogP contribution in [0.15, 0.2) is 0 Å². The molecule has 2 aliphatic carbocycles. The quantitative estimate of drug-likeness (QED) is 0.730. The second kappa shape index (κ2) is 7.22. The summed E-state index contributed by atoms with van der Waals surface area (Å²) >= 11 is 0. The number of amides is 2. The van der Waals surface area contributed by atoms with Gasteiger partial charge in [-0.05, 0) is 30.1 Å². The number of nitrogens with zero attached hydrogens (tertiary/aromatic N) is 1. The lowest BCUT2D eigenvalue weighted by Gasteiger charge is -2.36. The van der Waals surface area contributed by atoms with Crippen molar-refractivity contribution in [2.45, 2.75) is 64.2 Å². The number of nitrogens with one attached hydrogen (secondary N) is 1. The second-order valence-electron chi connectivity index (χ2n) is 8.76. The summed E-state index contributed by atoms with van der Waals surface area (Å²) < 4.78 is 43.4. The largest absolute Gasteiger partial charge is 0.471 e. The van der Waals surface area contributed by atoms with E-state index in [1.165, 1.54) is 12.0 Å². The first-order chi connectivity index (χ1) is 13.0. The van der Waals surface area contributed by atoms with Crippen molar-refractivity contribution in [3.63, 3.8) is 0 Å². The number of likely N-dealkylation sites (tertiary alicyclic amines) is 1. The number of methoxy groups -OCH3 is 1. The van der Waals surface area contributed by atoms with Gasteiger partial charge in [-0.1, -0.05) is 33.1 Å². The van der Waals surface area contributed by atoms with Gasteiger partial charge in [0.2, 0.25) is 5.91 Å². The van der Waals surface area contributed by atoms with Crippen LogP contribution in [0.3, 0.4) is 0 Å². The molecular formula is C19H27F3N2O4. The fourth-order valence-electron chi connectivity index (χ4n) is 5.15. The van der Waals surface area contributed by atoms with Gasteiger partial charge in [0.1, 0.15) is 12.1 Å². The van der Waals surface area contributed by atoms with Gasteiger partial charge < -0.3 is 15.0 Å². The molecule has 28 heavy (non-hydrogen) atoms. The summed E-state index contributed by atoms with van der Waals surface area (Å²) in [7, 11) is 1.23. The van der Waals surface area contributed by atoms with Crippen molar-refractivity contribution in [2.24, 2.45) is 23.2 Å². The monoisotopic (exact) mass is 404 g/mol. The molecule has 2 saturated carbocycles. The average molecular weight is 404 g/mol. The van der Waals surface area contributed by atoms with Crippen LogP contribution in [0.2, 0.25) is 0 Å². The van der Waals surface area contributed by atoms with Crippen molar-refractivity contribution in [3.8, 4) is 0 Å². The molecule has 1 heterocycles. The molecule has 0 aromatic rings. The maximum atomic E-state index is 13.3. The molecule has 0 aromatic carbocycles. The minimum Gasteiger partial charge on any atom is -0.467 e. The zero-order valence-electron chi connectivity index (χ0n) is 16.3. The number of hydrogen-bond donors (Lipinski definition) is 1. The molecule has 1 unspecified atom stereocenters. The van der Waals surface area contributed by atoms with E-state index in [4.69, 9.17) is 4.74 Å². The smallest absolute Gasteiger partial charge is 0.467 e. The Hall–Kier alpha value is -1.80. The van der Waals surface area contributed by atoms with Gasteiger partial charge in [0.05, 0.1) is 7.11 Å². The van der Waals surface area contributed by atoms with Crippen LogP contribution < -0.4 is 5.32 Å². The third kappa shape index (κ3) is 3.59. The summed E-state index contributed by atoms with van der Waals surface area (Å²) in [6.45, 7) is 4.30. The molecule has 3 rings (SSSR count). The number of piperidine rings is 1. The average Bonchev–Trinajstić information content (AvgIpc) is 2.99. The number of carbonyl (C=O) groups is 3. The number of hydrogen-bond acceptors (Lipinski definition) is 4. The van der Waals surface area contributed by atoms with E-state index in [-0.39, 0.29) is 23.2 Å². The lowest BCUT2D eigenvalue weighted by atomic mass is 9.83.